The van der Waals surface area contributed by atoms with Gasteiger partial charge in [0, 0.05) is 17.5 Å². The van der Waals surface area contributed by atoms with Crippen molar-refractivity contribution in [2.45, 2.75) is 38.6 Å². The van der Waals surface area contributed by atoms with Crippen LogP contribution >= 0.6 is 0 Å². The molecule has 182 valence electrons. The standard InChI is InChI=1S/C30H27F2N3O/c31-26-15-11-24(12-16-26)29-33-30(25-13-17-27(32)18-14-25)35(34-29)20-28(36)19-21-5-4-8-23(10-9-21)22-6-2-1-3-7-22/h1-3,6-7,10-18,21H,4-5,8-9,19-20H2. The number of benzene rings is 3. The van der Waals surface area contributed by atoms with E-state index in [2.05, 4.69) is 40.4 Å². The van der Waals surface area contributed by atoms with Crippen molar-refractivity contribution >= 4 is 11.4 Å². The van der Waals surface area contributed by atoms with E-state index in [9.17, 15) is 13.6 Å². The number of nitrogens with zero attached hydrogens (tertiary/aromatic N) is 3. The van der Waals surface area contributed by atoms with Gasteiger partial charge in [0.1, 0.15) is 18.2 Å². The molecule has 0 radical (unpaired) electrons. The third kappa shape index (κ3) is 5.65. The monoisotopic (exact) mass is 483 g/mol. The molecule has 0 spiro atoms. The van der Waals surface area contributed by atoms with E-state index in [4.69, 9.17) is 0 Å². The number of rotatable bonds is 7. The van der Waals surface area contributed by atoms with Gasteiger partial charge in [-0.2, -0.15) is 0 Å². The van der Waals surface area contributed by atoms with Gasteiger partial charge < -0.3 is 0 Å². The van der Waals surface area contributed by atoms with E-state index in [1.165, 1.54) is 35.4 Å². The molecule has 1 aliphatic rings. The number of hydrogen-bond acceptors (Lipinski definition) is 3. The molecule has 0 amide bonds. The first-order valence-corrected chi connectivity index (χ1v) is 12.3. The molecule has 5 rings (SSSR count). The maximum absolute atomic E-state index is 13.5. The van der Waals surface area contributed by atoms with Gasteiger partial charge in [-0.25, -0.2) is 18.4 Å². The maximum atomic E-state index is 13.5. The smallest absolute Gasteiger partial charge is 0.181 e. The van der Waals surface area contributed by atoms with Crippen LogP contribution in [0.4, 0.5) is 8.78 Å². The first-order chi connectivity index (χ1) is 17.5. The van der Waals surface area contributed by atoms with Crippen molar-refractivity contribution in [2.24, 2.45) is 5.92 Å². The number of ketones is 1. The summed E-state index contributed by atoms with van der Waals surface area (Å²) in [4.78, 5) is 17.8. The fourth-order valence-corrected chi connectivity index (χ4v) is 4.75. The first-order valence-electron chi connectivity index (χ1n) is 12.3. The minimum absolute atomic E-state index is 0.0761. The Balaban J connectivity index is 1.34. The van der Waals surface area contributed by atoms with Gasteiger partial charge in [0.25, 0.3) is 0 Å². The van der Waals surface area contributed by atoms with Gasteiger partial charge in [0.2, 0.25) is 0 Å². The van der Waals surface area contributed by atoms with Crippen molar-refractivity contribution in [2.75, 3.05) is 0 Å². The molecule has 1 heterocycles. The highest BCUT2D eigenvalue weighted by Crippen LogP contribution is 2.31. The summed E-state index contributed by atoms with van der Waals surface area (Å²) in [5.41, 5.74) is 3.91. The van der Waals surface area contributed by atoms with Crippen LogP contribution in [0.15, 0.2) is 84.9 Å². The number of hydrogen-bond donors (Lipinski definition) is 0. The number of halogens is 2. The topological polar surface area (TPSA) is 47.8 Å². The normalized spacial score (nSPS) is 15.8. The second-order valence-electron chi connectivity index (χ2n) is 9.26. The van der Waals surface area contributed by atoms with Crippen LogP contribution in [0, 0.1) is 17.6 Å². The Morgan fingerprint density at radius 2 is 1.53 bits per heavy atom. The van der Waals surface area contributed by atoms with Gasteiger partial charge in [0.05, 0.1) is 0 Å². The zero-order chi connectivity index (χ0) is 24.9. The fraction of sp³-hybridized carbons (Fsp3) is 0.233. The first kappa shape index (κ1) is 23.8. The highest BCUT2D eigenvalue weighted by Gasteiger charge is 2.20. The molecule has 3 aromatic carbocycles. The van der Waals surface area contributed by atoms with Crippen LogP contribution in [0.5, 0.6) is 0 Å². The third-order valence-corrected chi connectivity index (χ3v) is 6.62. The van der Waals surface area contributed by atoms with E-state index in [0.29, 0.717) is 29.2 Å². The summed E-state index contributed by atoms with van der Waals surface area (Å²) in [5.74, 6) is 0.543. The van der Waals surface area contributed by atoms with E-state index in [0.717, 1.165) is 25.7 Å². The van der Waals surface area contributed by atoms with Gasteiger partial charge >= 0.3 is 0 Å². The Morgan fingerprint density at radius 3 is 2.22 bits per heavy atom. The molecule has 0 saturated carbocycles. The molecular weight excluding hydrogens is 456 g/mol. The van der Waals surface area contributed by atoms with Crippen LogP contribution in [0.3, 0.4) is 0 Å². The molecule has 36 heavy (non-hydrogen) atoms. The molecule has 1 atom stereocenters. The molecule has 1 aromatic heterocycles. The molecule has 0 bridgehead atoms. The minimum atomic E-state index is -0.351. The predicted molar refractivity (Wildman–Crippen MR) is 137 cm³/mol. The fourth-order valence-electron chi connectivity index (χ4n) is 4.75. The lowest BCUT2D eigenvalue weighted by atomic mass is 9.95. The Bertz CT molecular complexity index is 1360. The summed E-state index contributed by atoms with van der Waals surface area (Å²) < 4.78 is 28.5. The average molecular weight is 484 g/mol. The van der Waals surface area contributed by atoms with E-state index < -0.39 is 0 Å². The van der Waals surface area contributed by atoms with Crippen molar-refractivity contribution in [3.8, 4) is 22.8 Å². The second-order valence-corrected chi connectivity index (χ2v) is 9.26. The van der Waals surface area contributed by atoms with Crippen LogP contribution < -0.4 is 0 Å². The van der Waals surface area contributed by atoms with Crippen molar-refractivity contribution in [1.29, 1.82) is 0 Å². The van der Waals surface area contributed by atoms with Gasteiger partial charge in [-0.05, 0) is 91.3 Å². The molecule has 4 nitrogen and oxygen atoms in total. The Hall–Kier alpha value is -3.93. The molecule has 0 saturated heterocycles. The average Bonchev–Trinajstić information content (AvgIpc) is 3.16. The van der Waals surface area contributed by atoms with Gasteiger partial charge in [-0.15, -0.1) is 5.10 Å². The van der Waals surface area contributed by atoms with Gasteiger partial charge in [0.15, 0.2) is 17.4 Å². The summed E-state index contributed by atoms with van der Waals surface area (Å²) in [6, 6.07) is 22.3. The number of carbonyl (C=O) groups is 1. The van der Waals surface area contributed by atoms with E-state index in [1.807, 2.05) is 6.07 Å². The van der Waals surface area contributed by atoms with Crippen LogP contribution in [-0.4, -0.2) is 20.5 Å². The molecule has 4 aromatic rings. The van der Waals surface area contributed by atoms with E-state index in [1.54, 1.807) is 28.9 Å². The summed E-state index contributed by atoms with van der Waals surface area (Å²) in [5, 5.41) is 4.57. The molecule has 0 fully saturated rings. The highest BCUT2D eigenvalue weighted by molar-refractivity contribution is 5.79. The summed E-state index contributed by atoms with van der Waals surface area (Å²) >= 11 is 0. The van der Waals surface area contributed by atoms with Crippen LogP contribution in [0.1, 0.15) is 37.7 Å². The molecule has 0 aliphatic heterocycles. The third-order valence-electron chi connectivity index (χ3n) is 6.62. The minimum Gasteiger partial charge on any atom is -0.298 e. The molecule has 1 unspecified atom stereocenters. The molecule has 6 heteroatoms. The Kier molecular flexibility index (Phi) is 7.12. The molecular formula is C30H27F2N3O. The SMILES string of the molecule is O=C(CC1CC=C(c2ccccc2)CCC1)Cn1nc(-c2ccc(F)cc2)nc1-c1ccc(F)cc1. The van der Waals surface area contributed by atoms with E-state index in [-0.39, 0.29) is 29.9 Å². The summed E-state index contributed by atoms with van der Waals surface area (Å²) in [6.07, 6.45) is 6.70. The largest absolute Gasteiger partial charge is 0.298 e. The number of carbonyl (C=O) groups excluding carboxylic acids is 1. The van der Waals surface area contributed by atoms with Crippen LogP contribution in [-0.2, 0) is 11.3 Å². The van der Waals surface area contributed by atoms with Crippen molar-refractivity contribution in [3.05, 3.63) is 102 Å². The lowest BCUT2D eigenvalue weighted by molar-refractivity contribution is -0.120. The summed E-state index contributed by atoms with van der Waals surface area (Å²) in [6.45, 7) is 0.0761. The number of aromatic nitrogens is 3. The molecule has 1 aliphatic carbocycles. The van der Waals surface area contributed by atoms with Crippen molar-refractivity contribution < 1.29 is 13.6 Å². The lowest BCUT2D eigenvalue weighted by Gasteiger charge is -2.12. The Morgan fingerprint density at radius 1 is 0.861 bits per heavy atom. The van der Waals surface area contributed by atoms with Crippen LogP contribution in [0.2, 0.25) is 0 Å². The maximum Gasteiger partial charge on any atom is 0.181 e. The predicted octanol–water partition coefficient (Wildman–Crippen LogP) is 7.12. The second kappa shape index (κ2) is 10.8. The zero-order valence-electron chi connectivity index (χ0n) is 19.9. The quantitative estimate of drug-likeness (QED) is 0.281. The van der Waals surface area contributed by atoms with Crippen molar-refractivity contribution in [1.82, 2.24) is 14.8 Å². The number of allylic oxidation sites excluding steroid dienone is 2. The van der Waals surface area contributed by atoms with E-state index >= 15 is 0 Å². The number of Topliss-reactive ketones (excluding diaryl/α,β-unsaturated/α-hetero) is 1. The van der Waals surface area contributed by atoms with Gasteiger partial charge in [-0.1, -0.05) is 36.4 Å². The highest BCUT2D eigenvalue weighted by atomic mass is 19.1. The van der Waals surface area contributed by atoms with Crippen LogP contribution in [0.25, 0.3) is 28.3 Å². The van der Waals surface area contributed by atoms with Gasteiger partial charge in [-0.3, -0.25) is 4.79 Å². The van der Waals surface area contributed by atoms with Crippen molar-refractivity contribution in [3.63, 3.8) is 0 Å². The molecule has 0 N–H and O–H groups in total. The zero-order valence-corrected chi connectivity index (χ0v) is 19.9. The Labute approximate surface area is 209 Å². The lowest BCUT2D eigenvalue weighted by Crippen LogP contribution is -2.16. The summed E-state index contributed by atoms with van der Waals surface area (Å²) in [7, 11) is 0.